The molecule has 1 amide bonds. The van der Waals surface area contributed by atoms with Crippen LogP contribution >= 0.6 is 11.6 Å². The minimum absolute atomic E-state index is 0.0195. The van der Waals surface area contributed by atoms with E-state index in [0.717, 1.165) is 11.1 Å². The maximum atomic E-state index is 13.0. The summed E-state index contributed by atoms with van der Waals surface area (Å²) in [5.41, 5.74) is 3.45. The molecule has 1 heterocycles. The summed E-state index contributed by atoms with van der Waals surface area (Å²) in [6.07, 6.45) is 0. The molecule has 1 aromatic heterocycles. The summed E-state index contributed by atoms with van der Waals surface area (Å²) < 4.78 is 5.76. The third-order valence-corrected chi connectivity index (χ3v) is 4.56. The molecule has 0 spiro atoms. The Hall–Kier alpha value is -2.66. The van der Waals surface area contributed by atoms with E-state index in [1.165, 1.54) is 0 Å². The molecule has 0 bridgehead atoms. The number of nitrogens with zero attached hydrogens (tertiary/aromatic N) is 3. The van der Waals surface area contributed by atoms with Crippen LogP contribution in [-0.4, -0.2) is 27.0 Å². The number of rotatable bonds is 5. The molecule has 6 heteroatoms. The van der Waals surface area contributed by atoms with Crippen molar-refractivity contribution in [3.05, 3.63) is 70.1 Å². The number of hydrogen-bond acceptors (Lipinski definition) is 4. The van der Waals surface area contributed by atoms with Crippen LogP contribution in [0.5, 0.6) is 0 Å². The first-order valence-corrected chi connectivity index (χ1v) is 9.19. The van der Waals surface area contributed by atoms with E-state index in [4.69, 9.17) is 16.0 Å². The maximum absolute atomic E-state index is 13.0. The lowest BCUT2D eigenvalue weighted by Crippen LogP contribution is -2.36. The Morgan fingerprint density at radius 2 is 1.78 bits per heavy atom. The Balaban J connectivity index is 1.85. The van der Waals surface area contributed by atoms with Crippen LogP contribution in [0.4, 0.5) is 0 Å². The summed E-state index contributed by atoms with van der Waals surface area (Å²) in [6.45, 7) is 8.13. The molecule has 5 nitrogen and oxygen atoms in total. The average Bonchev–Trinajstić information content (AvgIpc) is 3.07. The van der Waals surface area contributed by atoms with Gasteiger partial charge in [-0.05, 0) is 52.0 Å². The van der Waals surface area contributed by atoms with Gasteiger partial charge >= 0.3 is 0 Å². The van der Waals surface area contributed by atoms with Crippen molar-refractivity contribution >= 4 is 17.5 Å². The molecule has 0 N–H and O–H groups in total. The van der Waals surface area contributed by atoms with E-state index in [1.54, 1.807) is 11.0 Å². The van der Waals surface area contributed by atoms with Gasteiger partial charge in [0.1, 0.15) is 0 Å². The van der Waals surface area contributed by atoms with Crippen molar-refractivity contribution < 1.29 is 9.21 Å². The molecule has 0 aliphatic heterocycles. The highest BCUT2D eigenvalue weighted by atomic mass is 35.5. The first-order valence-electron chi connectivity index (χ1n) is 8.81. The fraction of sp³-hybridized carbons (Fsp3) is 0.286. The van der Waals surface area contributed by atoms with E-state index in [1.807, 2.05) is 64.1 Å². The number of aromatic nitrogens is 2. The van der Waals surface area contributed by atoms with Crippen molar-refractivity contribution in [3.63, 3.8) is 0 Å². The molecule has 2 aromatic carbocycles. The monoisotopic (exact) mass is 383 g/mol. The molecule has 3 rings (SSSR count). The Morgan fingerprint density at radius 3 is 2.41 bits per heavy atom. The van der Waals surface area contributed by atoms with E-state index >= 15 is 0 Å². The zero-order valence-electron chi connectivity index (χ0n) is 15.9. The number of aryl methyl sites for hydroxylation is 2. The minimum atomic E-state index is -0.0608. The number of carbonyl (C=O) groups is 1. The molecular formula is C21H22ClN3O2. The SMILES string of the molecule is Cc1cc(C)cc(C(=O)N(Cc2nnc(-c3ccccc3Cl)o2)C(C)C)c1. The van der Waals surface area contributed by atoms with Gasteiger partial charge in [0.2, 0.25) is 11.8 Å². The van der Waals surface area contributed by atoms with Crippen molar-refractivity contribution in [1.29, 1.82) is 0 Å². The quantitative estimate of drug-likeness (QED) is 0.618. The summed E-state index contributed by atoms with van der Waals surface area (Å²) >= 11 is 6.19. The van der Waals surface area contributed by atoms with Crippen LogP contribution in [0.1, 0.15) is 41.2 Å². The highest BCUT2D eigenvalue weighted by molar-refractivity contribution is 6.33. The molecule has 0 aliphatic rings. The first kappa shape index (κ1) is 19.1. The number of halogens is 1. The van der Waals surface area contributed by atoms with Crippen LogP contribution in [0.25, 0.3) is 11.5 Å². The van der Waals surface area contributed by atoms with E-state index in [-0.39, 0.29) is 18.5 Å². The minimum Gasteiger partial charge on any atom is -0.419 e. The summed E-state index contributed by atoms with van der Waals surface area (Å²) in [5.74, 6) is 0.656. The highest BCUT2D eigenvalue weighted by Gasteiger charge is 2.22. The van der Waals surface area contributed by atoms with Gasteiger partial charge in [0, 0.05) is 11.6 Å². The predicted molar refractivity (Wildman–Crippen MR) is 106 cm³/mol. The average molecular weight is 384 g/mol. The lowest BCUT2D eigenvalue weighted by molar-refractivity contribution is 0.0672. The first-order chi connectivity index (χ1) is 12.8. The van der Waals surface area contributed by atoms with Gasteiger partial charge in [0.25, 0.3) is 5.91 Å². The summed E-state index contributed by atoms with van der Waals surface area (Å²) in [5, 5.41) is 8.72. The van der Waals surface area contributed by atoms with Crippen molar-refractivity contribution in [1.82, 2.24) is 15.1 Å². The van der Waals surface area contributed by atoms with Crippen LogP contribution in [0.2, 0.25) is 5.02 Å². The van der Waals surface area contributed by atoms with Gasteiger partial charge < -0.3 is 9.32 Å². The van der Waals surface area contributed by atoms with Gasteiger partial charge in [0.05, 0.1) is 17.1 Å². The van der Waals surface area contributed by atoms with Crippen LogP contribution in [0.15, 0.2) is 46.9 Å². The number of carbonyl (C=O) groups excluding carboxylic acids is 1. The smallest absolute Gasteiger partial charge is 0.254 e. The number of amides is 1. The van der Waals surface area contributed by atoms with E-state index in [2.05, 4.69) is 10.2 Å². The third-order valence-electron chi connectivity index (χ3n) is 4.23. The predicted octanol–water partition coefficient (Wildman–Crippen LogP) is 5.06. The van der Waals surface area contributed by atoms with E-state index in [9.17, 15) is 4.79 Å². The normalized spacial score (nSPS) is 11.0. The van der Waals surface area contributed by atoms with Crippen molar-refractivity contribution in [3.8, 4) is 11.5 Å². The van der Waals surface area contributed by atoms with E-state index in [0.29, 0.717) is 27.9 Å². The fourth-order valence-corrected chi connectivity index (χ4v) is 3.18. The second-order valence-corrected chi connectivity index (χ2v) is 7.29. The zero-order valence-corrected chi connectivity index (χ0v) is 16.6. The van der Waals surface area contributed by atoms with Crippen LogP contribution < -0.4 is 0 Å². The van der Waals surface area contributed by atoms with Crippen molar-refractivity contribution in [2.24, 2.45) is 0 Å². The van der Waals surface area contributed by atoms with Crippen LogP contribution in [-0.2, 0) is 6.54 Å². The fourth-order valence-electron chi connectivity index (χ4n) is 2.96. The third kappa shape index (κ3) is 4.37. The van der Waals surface area contributed by atoms with Gasteiger partial charge in [-0.15, -0.1) is 10.2 Å². The Bertz CT molecular complexity index is 945. The van der Waals surface area contributed by atoms with Gasteiger partial charge in [-0.1, -0.05) is 40.9 Å². The molecule has 0 fully saturated rings. The molecule has 3 aromatic rings. The lowest BCUT2D eigenvalue weighted by atomic mass is 10.1. The molecule has 0 saturated carbocycles. The summed E-state index contributed by atoms with van der Waals surface area (Å²) in [4.78, 5) is 14.8. The summed E-state index contributed by atoms with van der Waals surface area (Å²) in [7, 11) is 0. The Morgan fingerprint density at radius 1 is 1.11 bits per heavy atom. The topological polar surface area (TPSA) is 59.2 Å². The van der Waals surface area contributed by atoms with Gasteiger partial charge in [-0.2, -0.15) is 0 Å². The standard InChI is InChI=1S/C21H22ClN3O2/c1-13(2)25(21(26)16-10-14(3)9-15(4)11-16)12-19-23-24-20(27-19)17-7-5-6-8-18(17)22/h5-11,13H,12H2,1-4H3. The second kappa shape index (κ2) is 7.92. The molecule has 0 radical (unpaired) electrons. The van der Waals surface area contributed by atoms with Gasteiger partial charge in [-0.25, -0.2) is 0 Å². The van der Waals surface area contributed by atoms with Crippen molar-refractivity contribution in [2.75, 3.05) is 0 Å². The van der Waals surface area contributed by atoms with Gasteiger partial charge in [0.15, 0.2) is 0 Å². The molecule has 140 valence electrons. The highest BCUT2D eigenvalue weighted by Crippen LogP contribution is 2.26. The second-order valence-electron chi connectivity index (χ2n) is 6.88. The Kier molecular flexibility index (Phi) is 5.61. The Labute approximate surface area is 164 Å². The molecule has 27 heavy (non-hydrogen) atoms. The maximum Gasteiger partial charge on any atom is 0.254 e. The van der Waals surface area contributed by atoms with Crippen LogP contribution in [0.3, 0.4) is 0 Å². The lowest BCUT2D eigenvalue weighted by Gasteiger charge is -2.25. The van der Waals surface area contributed by atoms with Crippen molar-refractivity contribution in [2.45, 2.75) is 40.3 Å². The number of benzene rings is 2. The van der Waals surface area contributed by atoms with Crippen LogP contribution in [0, 0.1) is 13.8 Å². The number of hydrogen-bond donors (Lipinski definition) is 0. The summed E-state index contributed by atoms with van der Waals surface area (Å²) in [6, 6.07) is 13.1. The molecular weight excluding hydrogens is 362 g/mol. The molecule has 0 aliphatic carbocycles. The molecule has 0 unspecified atom stereocenters. The molecule has 0 saturated heterocycles. The van der Waals surface area contributed by atoms with Gasteiger partial charge in [-0.3, -0.25) is 4.79 Å². The largest absolute Gasteiger partial charge is 0.419 e. The zero-order chi connectivity index (χ0) is 19.6. The van der Waals surface area contributed by atoms with E-state index < -0.39 is 0 Å². The molecule has 0 atom stereocenters.